The lowest BCUT2D eigenvalue weighted by Crippen LogP contribution is -2.41. The molecule has 0 radical (unpaired) electrons. The molecule has 3 rings (SSSR count). The van der Waals surface area contributed by atoms with Gasteiger partial charge in [0.1, 0.15) is 6.04 Å². The average molecular weight is 346 g/mol. The van der Waals surface area contributed by atoms with Gasteiger partial charge in [-0.15, -0.1) is 0 Å². The number of hydrogen-bond acceptors (Lipinski definition) is 5. The molecule has 2 fully saturated rings. The van der Waals surface area contributed by atoms with Crippen molar-refractivity contribution in [3.63, 3.8) is 0 Å². The Kier molecular flexibility index (Phi) is 5.60. The van der Waals surface area contributed by atoms with Crippen molar-refractivity contribution in [2.45, 2.75) is 44.4 Å². The number of nitrogens with one attached hydrogen (secondary N) is 2. The van der Waals surface area contributed by atoms with Gasteiger partial charge in [-0.3, -0.25) is 19.9 Å². The summed E-state index contributed by atoms with van der Waals surface area (Å²) in [5, 5.41) is 4.67. The zero-order chi connectivity index (χ0) is 17.6. The number of likely N-dealkylation sites (tertiary alicyclic amines) is 1. The molecule has 0 aromatic carbocycles. The highest BCUT2D eigenvalue weighted by Gasteiger charge is 2.30. The summed E-state index contributed by atoms with van der Waals surface area (Å²) in [6, 6.07) is 4.63. The summed E-state index contributed by atoms with van der Waals surface area (Å²) >= 11 is 0. The van der Waals surface area contributed by atoms with Crippen LogP contribution >= 0.6 is 0 Å². The molecule has 1 aromatic rings. The molecule has 1 aromatic heterocycles. The summed E-state index contributed by atoms with van der Waals surface area (Å²) in [6.45, 7) is 1.78. The number of imide groups is 1. The Morgan fingerprint density at radius 1 is 1.28 bits per heavy atom. The van der Waals surface area contributed by atoms with Gasteiger partial charge in [0.25, 0.3) is 5.91 Å². The van der Waals surface area contributed by atoms with Gasteiger partial charge in [-0.2, -0.15) is 0 Å². The van der Waals surface area contributed by atoms with E-state index in [1.54, 1.807) is 11.1 Å². The second-order valence-electron chi connectivity index (χ2n) is 6.27. The van der Waals surface area contributed by atoms with E-state index in [2.05, 4.69) is 15.6 Å². The quantitative estimate of drug-likeness (QED) is 0.734. The van der Waals surface area contributed by atoms with Crippen molar-refractivity contribution in [2.75, 3.05) is 13.1 Å². The van der Waals surface area contributed by atoms with Crippen LogP contribution in [-0.2, 0) is 20.9 Å². The van der Waals surface area contributed by atoms with Gasteiger partial charge in [-0.25, -0.2) is 4.79 Å². The SMILES string of the molecule is O=C1NC(=O)[C@@H](CCC(=O)N2CCC(OCc3ccccn3)CC2)N1. The van der Waals surface area contributed by atoms with Gasteiger partial charge in [0.15, 0.2) is 0 Å². The lowest BCUT2D eigenvalue weighted by molar-refractivity contribution is -0.134. The molecule has 0 unspecified atom stereocenters. The second-order valence-corrected chi connectivity index (χ2v) is 6.27. The van der Waals surface area contributed by atoms with E-state index in [-0.39, 0.29) is 24.3 Å². The van der Waals surface area contributed by atoms with E-state index in [1.807, 2.05) is 18.2 Å². The number of carbonyl (C=O) groups is 3. The van der Waals surface area contributed by atoms with E-state index in [9.17, 15) is 14.4 Å². The molecule has 3 heterocycles. The number of carbonyl (C=O) groups excluding carboxylic acids is 3. The smallest absolute Gasteiger partial charge is 0.322 e. The molecule has 134 valence electrons. The van der Waals surface area contributed by atoms with Crippen LogP contribution in [0.25, 0.3) is 0 Å². The highest BCUT2D eigenvalue weighted by molar-refractivity contribution is 6.04. The zero-order valence-corrected chi connectivity index (χ0v) is 13.9. The van der Waals surface area contributed by atoms with E-state index in [1.165, 1.54) is 0 Å². The molecule has 2 aliphatic rings. The fourth-order valence-electron chi connectivity index (χ4n) is 3.05. The number of ether oxygens (including phenoxy) is 1. The van der Waals surface area contributed by atoms with Crippen molar-refractivity contribution >= 4 is 17.8 Å². The highest BCUT2D eigenvalue weighted by atomic mass is 16.5. The first kappa shape index (κ1) is 17.3. The van der Waals surface area contributed by atoms with Crippen LogP contribution in [-0.4, -0.2) is 53.0 Å². The van der Waals surface area contributed by atoms with Gasteiger partial charge in [-0.1, -0.05) is 6.07 Å². The van der Waals surface area contributed by atoms with Crippen LogP contribution in [0, 0.1) is 0 Å². The normalized spacial score (nSPS) is 21.1. The molecular formula is C17H22N4O4. The Morgan fingerprint density at radius 3 is 2.72 bits per heavy atom. The summed E-state index contributed by atoms with van der Waals surface area (Å²) in [6.07, 6.45) is 4.03. The minimum absolute atomic E-state index is 0.0112. The van der Waals surface area contributed by atoms with Crippen LogP contribution in [0.4, 0.5) is 4.79 Å². The van der Waals surface area contributed by atoms with Crippen molar-refractivity contribution in [3.8, 4) is 0 Å². The van der Waals surface area contributed by atoms with Crippen LogP contribution < -0.4 is 10.6 Å². The molecule has 8 nitrogen and oxygen atoms in total. The standard InChI is InChI=1S/C17H22N4O4/c22-15(5-4-14-16(23)20-17(24)19-14)21-9-6-13(7-10-21)25-11-12-3-1-2-8-18-12/h1-3,8,13-14H,4-7,9-11H2,(H2,19,20,23,24)/t14-/m1/s1. The molecule has 0 aliphatic carbocycles. The van der Waals surface area contributed by atoms with Gasteiger partial charge < -0.3 is 15.0 Å². The molecule has 0 bridgehead atoms. The van der Waals surface area contributed by atoms with E-state index in [0.717, 1.165) is 18.5 Å². The largest absolute Gasteiger partial charge is 0.372 e. The molecule has 0 spiro atoms. The number of rotatable bonds is 6. The Morgan fingerprint density at radius 2 is 2.08 bits per heavy atom. The molecule has 2 aliphatic heterocycles. The van der Waals surface area contributed by atoms with Crippen LogP contribution in [0.5, 0.6) is 0 Å². The molecule has 25 heavy (non-hydrogen) atoms. The Bertz CT molecular complexity index is 629. The van der Waals surface area contributed by atoms with Gasteiger partial charge in [-0.05, 0) is 31.4 Å². The Hall–Kier alpha value is -2.48. The topological polar surface area (TPSA) is 101 Å². The average Bonchev–Trinajstić information content (AvgIpc) is 2.96. The predicted octanol–water partition coefficient (Wildman–Crippen LogP) is 0.577. The number of pyridine rings is 1. The van der Waals surface area contributed by atoms with E-state index in [4.69, 9.17) is 4.74 Å². The summed E-state index contributed by atoms with van der Waals surface area (Å²) in [7, 11) is 0. The fourth-order valence-corrected chi connectivity index (χ4v) is 3.05. The third-order valence-corrected chi connectivity index (χ3v) is 4.49. The zero-order valence-electron chi connectivity index (χ0n) is 13.9. The second kappa shape index (κ2) is 8.06. The first-order chi connectivity index (χ1) is 12.1. The maximum atomic E-state index is 12.3. The summed E-state index contributed by atoms with van der Waals surface area (Å²) < 4.78 is 5.86. The Balaban J connectivity index is 1.36. The summed E-state index contributed by atoms with van der Waals surface area (Å²) in [4.78, 5) is 40.8. The Labute approximate surface area is 145 Å². The molecule has 2 saturated heterocycles. The predicted molar refractivity (Wildman–Crippen MR) is 88.3 cm³/mol. The maximum Gasteiger partial charge on any atom is 0.322 e. The summed E-state index contributed by atoms with van der Waals surface area (Å²) in [5.74, 6) is -0.350. The van der Waals surface area contributed by atoms with E-state index in [0.29, 0.717) is 26.1 Å². The number of amides is 4. The third-order valence-electron chi connectivity index (χ3n) is 4.49. The van der Waals surface area contributed by atoms with Crippen LogP contribution in [0.1, 0.15) is 31.4 Å². The van der Waals surface area contributed by atoms with Crippen LogP contribution in [0.15, 0.2) is 24.4 Å². The van der Waals surface area contributed by atoms with E-state index >= 15 is 0 Å². The lowest BCUT2D eigenvalue weighted by Gasteiger charge is -2.32. The van der Waals surface area contributed by atoms with Crippen LogP contribution in [0.3, 0.4) is 0 Å². The van der Waals surface area contributed by atoms with Gasteiger partial charge in [0.05, 0.1) is 18.4 Å². The monoisotopic (exact) mass is 346 g/mol. The molecule has 4 amide bonds. The first-order valence-electron chi connectivity index (χ1n) is 8.52. The van der Waals surface area contributed by atoms with Crippen molar-refractivity contribution < 1.29 is 19.1 Å². The minimum Gasteiger partial charge on any atom is -0.372 e. The van der Waals surface area contributed by atoms with Crippen molar-refractivity contribution in [2.24, 2.45) is 0 Å². The number of hydrogen-bond donors (Lipinski definition) is 2. The van der Waals surface area contributed by atoms with Crippen molar-refractivity contribution in [1.82, 2.24) is 20.5 Å². The number of urea groups is 1. The minimum atomic E-state index is -0.601. The van der Waals surface area contributed by atoms with Gasteiger partial charge in [0, 0.05) is 25.7 Å². The first-order valence-corrected chi connectivity index (χ1v) is 8.52. The van der Waals surface area contributed by atoms with Crippen LogP contribution in [0.2, 0.25) is 0 Å². The maximum absolute atomic E-state index is 12.3. The molecule has 8 heteroatoms. The number of nitrogens with zero attached hydrogens (tertiary/aromatic N) is 2. The number of aromatic nitrogens is 1. The number of piperidine rings is 1. The fraction of sp³-hybridized carbons (Fsp3) is 0.529. The van der Waals surface area contributed by atoms with E-state index < -0.39 is 12.1 Å². The molecular weight excluding hydrogens is 324 g/mol. The van der Waals surface area contributed by atoms with Gasteiger partial charge in [0.2, 0.25) is 5.91 Å². The van der Waals surface area contributed by atoms with Crippen molar-refractivity contribution in [3.05, 3.63) is 30.1 Å². The highest BCUT2D eigenvalue weighted by Crippen LogP contribution is 2.17. The lowest BCUT2D eigenvalue weighted by atomic mass is 10.1. The molecule has 1 atom stereocenters. The third kappa shape index (κ3) is 4.76. The van der Waals surface area contributed by atoms with Gasteiger partial charge >= 0.3 is 6.03 Å². The molecule has 0 saturated carbocycles. The molecule has 2 N–H and O–H groups in total. The van der Waals surface area contributed by atoms with Crippen molar-refractivity contribution in [1.29, 1.82) is 0 Å². The summed E-state index contributed by atoms with van der Waals surface area (Å²) in [5.41, 5.74) is 0.901.